The van der Waals surface area contributed by atoms with Crippen molar-refractivity contribution in [1.82, 2.24) is 10.4 Å². The number of rotatable bonds is 14. The highest BCUT2D eigenvalue weighted by molar-refractivity contribution is 7.98. The van der Waals surface area contributed by atoms with Gasteiger partial charge in [-0.2, -0.15) is 16.8 Å². The number of hydrogen-bond donors (Lipinski definition) is 1. The number of ether oxygens (including phenoxy) is 2. The molecule has 0 aromatic heterocycles. The number of carbonyl (C=O) groups excluding carboxylic acids is 3. The Bertz CT molecular complexity index is 670. The summed E-state index contributed by atoms with van der Waals surface area (Å²) in [5.74, 6) is 1.18. The van der Waals surface area contributed by atoms with Gasteiger partial charge in [0.2, 0.25) is 5.91 Å². The molecule has 0 saturated carbocycles. The van der Waals surface area contributed by atoms with Gasteiger partial charge < -0.3 is 19.6 Å². The van der Waals surface area contributed by atoms with E-state index in [0.717, 1.165) is 10.6 Å². The molecule has 1 aromatic carbocycles. The molecule has 0 heterocycles. The zero-order valence-corrected chi connectivity index (χ0v) is 18.3. The van der Waals surface area contributed by atoms with Gasteiger partial charge in [0.15, 0.2) is 11.5 Å². The van der Waals surface area contributed by atoms with Crippen molar-refractivity contribution >= 4 is 30.0 Å². The van der Waals surface area contributed by atoms with E-state index in [-0.39, 0.29) is 18.9 Å². The molecule has 1 N–H and O–H groups in total. The minimum atomic E-state index is -0.751. The second-order valence-electron chi connectivity index (χ2n) is 6.07. The number of nitrogens with one attached hydrogen (secondary N) is 1. The first kappa shape index (κ1) is 24.6. The molecule has 0 aliphatic heterocycles. The first-order chi connectivity index (χ1) is 14.0. The van der Waals surface area contributed by atoms with Crippen molar-refractivity contribution in [2.45, 2.75) is 39.7 Å². The molecular weight excluding hydrogens is 396 g/mol. The van der Waals surface area contributed by atoms with Gasteiger partial charge in [0, 0.05) is 6.92 Å². The molecule has 0 bridgehead atoms. The lowest BCUT2D eigenvalue weighted by molar-refractivity contribution is -0.188. The van der Waals surface area contributed by atoms with Crippen molar-refractivity contribution in [3.05, 3.63) is 23.8 Å². The van der Waals surface area contributed by atoms with E-state index in [4.69, 9.17) is 14.3 Å². The van der Waals surface area contributed by atoms with Crippen LogP contribution in [0.5, 0.6) is 11.5 Å². The van der Waals surface area contributed by atoms with E-state index in [0.29, 0.717) is 43.3 Å². The molecule has 1 aromatic rings. The molecule has 0 aliphatic carbocycles. The topological polar surface area (TPSA) is 94.2 Å². The van der Waals surface area contributed by atoms with Crippen molar-refractivity contribution in [1.29, 1.82) is 0 Å². The highest BCUT2D eigenvalue weighted by Gasteiger charge is 2.26. The van der Waals surface area contributed by atoms with Gasteiger partial charge in [-0.15, -0.1) is 0 Å². The first-order valence-corrected chi connectivity index (χ1v) is 10.9. The van der Waals surface area contributed by atoms with Crippen LogP contribution in [0.3, 0.4) is 0 Å². The highest BCUT2D eigenvalue weighted by Crippen LogP contribution is 2.28. The van der Waals surface area contributed by atoms with Crippen molar-refractivity contribution in [2.75, 3.05) is 31.8 Å². The average molecular weight is 427 g/mol. The molecule has 0 aliphatic rings. The predicted octanol–water partition coefficient (Wildman–Crippen LogP) is 2.20. The summed E-state index contributed by atoms with van der Waals surface area (Å²) < 4.78 is 11.2. The maximum Gasteiger partial charge on any atom is 0.320 e. The normalized spacial score (nSPS) is 11.3. The van der Waals surface area contributed by atoms with Crippen LogP contribution >= 0.6 is 11.8 Å². The third-order valence-corrected chi connectivity index (χ3v) is 4.56. The quantitative estimate of drug-likeness (QED) is 0.360. The monoisotopic (exact) mass is 426 g/mol. The Kier molecular flexibility index (Phi) is 11.6. The highest BCUT2D eigenvalue weighted by atomic mass is 32.2. The summed E-state index contributed by atoms with van der Waals surface area (Å²) >= 11 is 1.56. The van der Waals surface area contributed by atoms with E-state index in [1.165, 1.54) is 6.92 Å². The largest absolute Gasteiger partial charge is 0.490 e. The molecule has 1 rings (SSSR count). The van der Waals surface area contributed by atoms with Gasteiger partial charge >= 0.3 is 6.47 Å². The maximum atomic E-state index is 12.8. The summed E-state index contributed by atoms with van der Waals surface area (Å²) in [6, 6.07) is 4.78. The fourth-order valence-corrected chi connectivity index (χ4v) is 3.13. The van der Waals surface area contributed by atoms with Crippen LogP contribution in [0.25, 0.3) is 0 Å². The number of thioether (sulfide) groups is 1. The van der Waals surface area contributed by atoms with E-state index >= 15 is 0 Å². The van der Waals surface area contributed by atoms with Crippen molar-refractivity contribution in [2.24, 2.45) is 0 Å². The summed E-state index contributed by atoms with van der Waals surface area (Å²) in [6.07, 6.45) is 2.79. The Morgan fingerprint density at radius 2 is 1.90 bits per heavy atom. The molecule has 8 nitrogen and oxygen atoms in total. The fraction of sp³-hybridized carbons (Fsp3) is 0.550. The molecule has 2 amide bonds. The number of benzene rings is 1. The van der Waals surface area contributed by atoms with Gasteiger partial charge in [0.25, 0.3) is 5.91 Å². The van der Waals surface area contributed by atoms with Gasteiger partial charge in [-0.3, -0.25) is 14.4 Å². The van der Waals surface area contributed by atoms with Crippen LogP contribution in [0.2, 0.25) is 0 Å². The third kappa shape index (κ3) is 8.64. The van der Waals surface area contributed by atoms with Crippen LogP contribution in [-0.4, -0.2) is 61.2 Å². The zero-order valence-electron chi connectivity index (χ0n) is 17.4. The van der Waals surface area contributed by atoms with E-state index in [1.54, 1.807) is 11.8 Å². The van der Waals surface area contributed by atoms with E-state index in [2.05, 4.69) is 5.32 Å². The Labute approximate surface area is 176 Å². The van der Waals surface area contributed by atoms with Crippen LogP contribution < -0.4 is 14.8 Å². The van der Waals surface area contributed by atoms with E-state index in [1.807, 2.05) is 38.3 Å². The lowest BCUT2D eigenvalue weighted by atomic mass is 10.1. The smallest absolute Gasteiger partial charge is 0.320 e. The summed E-state index contributed by atoms with van der Waals surface area (Å²) in [5, 5.41) is 3.61. The second-order valence-corrected chi connectivity index (χ2v) is 7.06. The molecule has 0 radical (unpaired) electrons. The number of amides is 2. The average Bonchev–Trinajstić information content (AvgIpc) is 2.69. The summed E-state index contributed by atoms with van der Waals surface area (Å²) in [7, 11) is 0. The predicted molar refractivity (Wildman–Crippen MR) is 112 cm³/mol. The van der Waals surface area contributed by atoms with Crippen LogP contribution in [-0.2, 0) is 25.6 Å². The SMILES string of the molecule is CCOc1ccc(CCN(OC=O)C(=O)[C@H](CCSC)NC(C)=O)cc1OCC. The van der Waals surface area contributed by atoms with Gasteiger partial charge in [-0.25, -0.2) is 0 Å². The number of hydroxylamine groups is 2. The van der Waals surface area contributed by atoms with Crippen LogP contribution in [0.15, 0.2) is 18.2 Å². The van der Waals surface area contributed by atoms with Crippen LogP contribution in [0.4, 0.5) is 0 Å². The second kappa shape index (κ2) is 13.7. The van der Waals surface area contributed by atoms with E-state index in [9.17, 15) is 14.4 Å². The van der Waals surface area contributed by atoms with Crippen LogP contribution in [0, 0.1) is 0 Å². The lowest BCUT2D eigenvalue weighted by Gasteiger charge is -2.25. The number of hydrogen-bond acceptors (Lipinski definition) is 7. The zero-order chi connectivity index (χ0) is 21.6. The molecular formula is C20H30N2O6S. The molecule has 29 heavy (non-hydrogen) atoms. The van der Waals surface area contributed by atoms with Gasteiger partial charge in [0.05, 0.1) is 19.8 Å². The minimum Gasteiger partial charge on any atom is -0.490 e. The van der Waals surface area contributed by atoms with Crippen LogP contribution in [0.1, 0.15) is 32.8 Å². The Balaban J connectivity index is 2.89. The lowest BCUT2D eigenvalue weighted by Crippen LogP contribution is -2.48. The fourth-order valence-electron chi connectivity index (χ4n) is 2.66. The van der Waals surface area contributed by atoms with Crippen molar-refractivity contribution < 1.29 is 28.7 Å². The summed E-state index contributed by atoms with van der Waals surface area (Å²) in [5.41, 5.74) is 0.893. The van der Waals surface area contributed by atoms with Crippen molar-refractivity contribution in [3.63, 3.8) is 0 Å². The molecule has 1 atom stereocenters. The maximum absolute atomic E-state index is 12.8. The molecule has 0 saturated heterocycles. The Morgan fingerprint density at radius 1 is 1.21 bits per heavy atom. The molecule has 162 valence electrons. The molecule has 0 spiro atoms. The number of carbonyl (C=O) groups is 3. The third-order valence-electron chi connectivity index (χ3n) is 3.91. The standard InChI is InChI=1S/C20H30N2O6S/c1-5-26-18-8-7-16(13-19(18)27-6-2)9-11-22(28-14-23)20(25)17(10-12-29-4)21-15(3)24/h7-8,13-14,17H,5-6,9-12H2,1-4H3,(H,21,24)/t17-/m0/s1. The molecule has 9 heteroatoms. The van der Waals surface area contributed by atoms with Gasteiger partial charge in [-0.05, 0) is 56.4 Å². The first-order valence-electron chi connectivity index (χ1n) is 9.53. The molecule has 0 fully saturated rings. The van der Waals surface area contributed by atoms with Gasteiger partial charge in [0.1, 0.15) is 6.04 Å². The minimum absolute atomic E-state index is 0.145. The number of nitrogens with zero attached hydrogens (tertiary/aromatic N) is 1. The summed E-state index contributed by atoms with van der Waals surface area (Å²) in [4.78, 5) is 40.0. The Morgan fingerprint density at radius 3 is 2.48 bits per heavy atom. The summed E-state index contributed by atoms with van der Waals surface area (Å²) in [6.45, 7) is 6.50. The Hall–Kier alpha value is -2.42. The van der Waals surface area contributed by atoms with Gasteiger partial charge in [-0.1, -0.05) is 6.07 Å². The van der Waals surface area contributed by atoms with E-state index < -0.39 is 11.9 Å². The van der Waals surface area contributed by atoms with Crippen molar-refractivity contribution in [3.8, 4) is 11.5 Å². The molecule has 0 unspecified atom stereocenters.